The quantitative estimate of drug-likeness (QED) is 0.754. The molecule has 1 fully saturated rings. The molecule has 0 radical (unpaired) electrons. The Hall–Kier alpha value is -1.77. The Morgan fingerprint density at radius 1 is 1.00 bits per heavy atom. The Morgan fingerprint density at radius 2 is 1.68 bits per heavy atom. The van der Waals surface area contributed by atoms with Gasteiger partial charge >= 0.3 is 0 Å². The molecule has 1 saturated heterocycles. The number of allylic oxidation sites excluding steroid dienone is 1. The summed E-state index contributed by atoms with van der Waals surface area (Å²) in [7, 11) is 1.66. The number of fused-ring (bicyclic) bond motifs is 1. The second-order valence-electron chi connectivity index (χ2n) is 6.25. The smallest absolute Gasteiger partial charge is 0.256 e. The minimum atomic E-state index is 0.189. The largest absolute Gasteiger partial charge is 0.497 e. The molecule has 1 aromatic rings. The first-order valence-corrected chi connectivity index (χ1v) is 8.49. The van der Waals surface area contributed by atoms with E-state index >= 15 is 0 Å². The van der Waals surface area contributed by atoms with Gasteiger partial charge in [0.1, 0.15) is 5.75 Å². The van der Waals surface area contributed by atoms with Gasteiger partial charge in [0.05, 0.1) is 13.2 Å². The number of benzene rings is 1. The van der Waals surface area contributed by atoms with Crippen molar-refractivity contribution in [1.82, 2.24) is 0 Å². The van der Waals surface area contributed by atoms with E-state index in [-0.39, 0.29) is 11.9 Å². The lowest BCUT2D eigenvalue weighted by atomic mass is 9.88. The summed E-state index contributed by atoms with van der Waals surface area (Å²) in [5.74, 6) is 1.02. The van der Waals surface area contributed by atoms with Gasteiger partial charge in [-0.05, 0) is 43.5 Å². The fraction of sp³-hybridized carbons (Fsp3) is 0.526. The molecule has 0 N–H and O–H groups in total. The zero-order valence-corrected chi connectivity index (χ0v) is 13.4. The number of methoxy groups -OCH3 is 1. The number of hydrogen-bond acceptors (Lipinski definition) is 2. The van der Waals surface area contributed by atoms with Crippen molar-refractivity contribution in [3.8, 4) is 5.75 Å². The van der Waals surface area contributed by atoms with Gasteiger partial charge < -0.3 is 9.64 Å². The number of anilines is 1. The molecule has 22 heavy (non-hydrogen) atoms. The fourth-order valence-corrected chi connectivity index (χ4v) is 3.49. The van der Waals surface area contributed by atoms with Crippen LogP contribution >= 0.6 is 0 Å². The maximum Gasteiger partial charge on any atom is 0.256 e. The SMILES string of the molecule is COc1ccc(N2C(=O)/C3=C\CCCCCCCC[C@H]32)cc1. The third-order valence-electron chi connectivity index (χ3n) is 4.78. The number of ether oxygens (including phenoxy) is 1. The summed E-state index contributed by atoms with van der Waals surface area (Å²) in [5.41, 5.74) is 2.03. The fourth-order valence-electron chi connectivity index (χ4n) is 3.49. The van der Waals surface area contributed by atoms with Crippen LogP contribution in [0.4, 0.5) is 5.69 Å². The highest BCUT2D eigenvalue weighted by Crippen LogP contribution is 2.36. The molecule has 0 unspecified atom stereocenters. The van der Waals surface area contributed by atoms with Gasteiger partial charge in [-0.15, -0.1) is 0 Å². The van der Waals surface area contributed by atoms with E-state index in [0.717, 1.165) is 29.9 Å². The average molecular weight is 299 g/mol. The molecular weight excluding hydrogens is 274 g/mol. The van der Waals surface area contributed by atoms with E-state index in [1.807, 2.05) is 29.2 Å². The molecule has 3 nitrogen and oxygen atoms in total. The Kier molecular flexibility index (Phi) is 4.81. The van der Waals surface area contributed by atoms with E-state index in [0.29, 0.717) is 0 Å². The van der Waals surface area contributed by atoms with E-state index in [1.54, 1.807) is 7.11 Å². The number of hydrogen-bond donors (Lipinski definition) is 0. The van der Waals surface area contributed by atoms with E-state index in [4.69, 9.17) is 4.74 Å². The summed E-state index contributed by atoms with van der Waals surface area (Å²) < 4.78 is 5.20. The lowest BCUT2D eigenvalue weighted by molar-refractivity contribution is -0.119. The van der Waals surface area contributed by atoms with Crippen molar-refractivity contribution in [3.05, 3.63) is 35.9 Å². The number of carbonyl (C=O) groups excluding carboxylic acids is 1. The third-order valence-corrected chi connectivity index (χ3v) is 4.78. The van der Waals surface area contributed by atoms with Gasteiger partial charge in [-0.2, -0.15) is 0 Å². The molecule has 1 aliphatic heterocycles. The molecule has 118 valence electrons. The first-order valence-electron chi connectivity index (χ1n) is 8.49. The molecule has 2 aliphatic rings. The molecular formula is C19H25NO2. The summed E-state index contributed by atoms with van der Waals surface area (Å²) in [5, 5.41) is 0. The maximum absolute atomic E-state index is 12.5. The summed E-state index contributed by atoms with van der Waals surface area (Å²) in [6, 6.07) is 8.10. The van der Waals surface area contributed by atoms with Gasteiger partial charge in [-0.25, -0.2) is 0 Å². The standard InChI is InChI=1S/C19H25NO2/c1-22-16-13-11-15(12-14-16)20-18-10-8-6-4-2-3-5-7-9-17(18)19(20)21/h9,11-14,18H,2-8,10H2,1H3/b17-9-/t18-/m1/s1. The zero-order chi connectivity index (χ0) is 15.4. The number of β-lactam (4-membered cyclic amide) rings is 1. The molecule has 3 heteroatoms. The van der Waals surface area contributed by atoms with Crippen LogP contribution < -0.4 is 9.64 Å². The molecule has 0 aromatic heterocycles. The van der Waals surface area contributed by atoms with Crippen molar-refractivity contribution in [2.75, 3.05) is 12.0 Å². The highest BCUT2D eigenvalue weighted by atomic mass is 16.5. The van der Waals surface area contributed by atoms with Crippen molar-refractivity contribution in [1.29, 1.82) is 0 Å². The summed E-state index contributed by atoms with van der Waals surface area (Å²) in [6.07, 6.45) is 12.0. The normalized spacial score (nSPS) is 25.3. The van der Waals surface area contributed by atoms with E-state index < -0.39 is 0 Å². The van der Waals surface area contributed by atoms with Crippen LogP contribution in [-0.4, -0.2) is 19.1 Å². The third kappa shape index (κ3) is 3.03. The summed E-state index contributed by atoms with van der Waals surface area (Å²) >= 11 is 0. The predicted octanol–water partition coefficient (Wildman–Crippen LogP) is 4.47. The molecule has 0 spiro atoms. The van der Waals surface area contributed by atoms with Crippen molar-refractivity contribution < 1.29 is 9.53 Å². The number of amides is 1. The monoisotopic (exact) mass is 299 g/mol. The topological polar surface area (TPSA) is 29.5 Å². The second-order valence-corrected chi connectivity index (χ2v) is 6.25. The van der Waals surface area contributed by atoms with Crippen LogP contribution in [0, 0.1) is 0 Å². The molecule has 1 heterocycles. The van der Waals surface area contributed by atoms with Crippen molar-refractivity contribution in [2.45, 2.75) is 57.4 Å². The molecule has 0 saturated carbocycles. The maximum atomic E-state index is 12.5. The van der Waals surface area contributed by atoms with Crippen molar-refractivity contribution >= 4 is 11.6 Å². The van der Waals surface area contributed by atoms with Crippen LogP contribution in [0.5, 0.6) is 5.75 Å². The molecule has 1 amide bonds. The van der Waals surface area contributed by atoms with Crippen LogP contribution in [0.3, 0.4) is 0 Å². The van der Waals surface area contributed by atoms with E-state index in [2.05, 4.69) is 6.08 Å². The summed E-state index contributed by atoms with van der Waals surface area (Å²) in [6.45, 7) is 0. The van der Waals surface area contributed by atoms with Gasteiger partial charge in [0.2, 0.25) is 0 Å². The van der Waals surface area contributed by atoms with Crippen LogP contribution in [0.1, 0.15) is 51.4 Å². The Bertz CT molecular complexity index is 547. The zero-order valence-electron chi connectivity index (χ0n) is 13.4. The number of rotatable bonds is 2. The van der Waals surface area contributed by atoms with E-state index in [9.17, 15) is 4.79 Å². The van der Waals surface area contributed by atoms with Gasteiger partial charge in [-0.1, -0.05) is 38.2 Å². The van der Waals surface area contributed by atoms with Gasteiger partial charge in [0.25, 0.3) is 5.91 Å². The Labute approximate surface area is 133 Å². The summed E-state index contributed by atoms with van der Waals surface area (Å²) in [4.78, 5) is 14.5. The Morgan fingerprint density at radius 3 is 2.41 bits per heavy atom. The van der Waals surface area contributed by atoms with Crippen LogP contribution in [0.2, 0.25) is 0 Å². The first kappa shape index (κ1) is 15.1. The molecule has 1 aliphatic carbocycles. The molecule has 3 rings (SSSR count). The number of carbonyl (C=O) groups is 1. The number of nitrogens with zero attached hydrogens (tertiary/aromatic N) is 1. The van der Waals surface area contributed by atoms with Gasteiger partial charge in [0.15, 0.2) is 0 Å². The molecule has 0 bridgehead atoms. The highest BCUT2D eigenvalue weighted by Gasteiger charge is 2.41. The highest BCUT2D eigenvalue weighted by molar-refractivity contribution is 6.15. The Balaban J connectivity index is 1.78. The minimum absolute atomic E-state index is 0.189. The van der Waals surface area contributed by atoms with Crippen LogP contribution in [0.15, 0.2) is 35.9 Å². The lowest BCUT2D eigenvalue weighted by Gasteiger charge is -2.43. The molecule has 1 atom stereocenters. The first-order chi connectivity index (χ1) is 10.8. The van der Waals surface area contributed by atoms with Gasteiger partial charge in [0, 0.05) is 11.3 Å². The minimum Gasteiger partial charge on any atom is -0.497 e. The van der Waals surface area contributed by atoms with Crippen molar-refractivity contribution in [3.63, 3.8) is 0 Å². The van der Waals surface area contributed by atoms with Crippen LogP contribution in [-0.2, 0) is 4.79 Å². The van der Waals surface area contributed by atoms with E-state index in [1.165, 1.54) is 38.5 Å². The molecule has 1 aromatic carbocycles. The second kappa shape index (κ2) is 6.99. The average Bonchev–Trinajstić information content (AvgIpc) is 2.59. The predicted molar refractivity (Wildman–Crippen MR) is 89.3 cm³/mol. The van der Waals surface area contributed by atoms with Gasteiger partial charge in [-0.3, -0.25) is 4.79 Å². The lowest BCUT2D eigenvalue weighted by Crippen LogP contribution is -2.55. The van der Waals surface area contributed by atoms with Crippen molar-refractivity contribution in [2.24, 2.45) is 0 Å². The van der Waals surface area contributed by atoms with Crippen LogP contribution in [0.25, 0.3) is 0 Å².